The maximum Gasteiger partial charge on any atom is 0.314 e. The van der Waals surface area contributed by atoms with E-state index < -0.39 is 17.9 Å². The van der Waals surface area contributed by atoms with E-state index in [1.54, 1.807) is 32.2 Å². The predicted octanol–water partition coefficient (Wildman–Crippen LogP) is 2.66. The Morgan fingerprint density at radius 3 is 2.72 bits per heavy atom. The van der Waals surface area contributed by atoms with Crippen molar-refractivity contribution in [1.82, 2.24) is 20.2 Å². The molecule has 3 aromatic rings. The number of tetrazole rings is 1. The average Bonchev–Trinajstić information content (AvgIpc) is 3.19. The van der Waals surface area contributed by atoms with Crippen LogP contribution >= 0.6 is 0 Å². The lowest BCUT2D eigenvalue weighted by atomic mass is 9.88. The summed E-state index contributed by atoms with van der Waals surface area (Å²) in [6, 6.07) is 14.3. The molecular weight excluding hydrogens is 374 g/mol. The van der Waals surface area contributed by atoms with E-state index in [-0.39, 0.29) is 5.95 Å². The van der Waals surface area contributed by atoms with Crippen LogP contribution in [0.15, 0.2) is 53.5 Å². The quantitative estimate of drug-likeness (QED) is 0.685. The van der Waals surface area contributed by atoms with Gasteiger partial charge in [-0.3, -0.25) is 4.79 Å². The molecule has 0 spiro atoms. The van der Waals surface area contributed by atoms with Gasteiger partial charge in [-0.25, -0.2) is 9.67 Å². The van der Waals surface area contributed by atoms with E-state index in [1.165, 1.54) is 4.68 Å². The zero-order valence-electron chi connectivity index (χ0n) is 15.9. The molecule has 0 saturated carbocycles. The molecule has 4 rings (SSSR count). The Morgan fingerprint density at radius 2 is 2.00 bits per heavy atom. The lowest BCUT2D eigenvalue weighted by Gasteiger charge is -2.29. The second kappa shape index (κ2) is 7.70. The third kappa shape index (κ3) is 3.54. The van der Waals surface area contributed by atoms with Gasteiger partial charge in [-0.2, -0.15) is 0 Å². The minimum absolute atomic E-state index is 0.259. The molecule has 1 aromatic heterocycles. The predicted molar refractivity (Wildman–Crippen MR) is 104 cm³/mol. The zero-order chi connectivity index (χ0) is 20.4. The summed E-state index contributed by atoms with van der Waals surface area (Å²) in [6.45, 7) is 1.99. The third-order valence-electron chi connectivity index (χ3n) is 4.82. The van der Waals surface area contributed by atoms with E-state index in [2.05, 4.69) is 20.5 Å². The Kier molecular flexibility index (Phi) is 4.94. The van der Waals surface area contributed by atoms with Gasteiger partial charge >= 0.3 is 5.97 Å². The highest BCUT2D eigenvalue weighted by molar-refractivity contribution is 6.02. The number of ether oxygens (including phenoxy) is 2. The molecule has 0 radical (unpaired) electrons. The van der Waals surface area contributed by atoms with Gasteiger partial charge in [0.2, 0.25) is 0 Å². The van der Waals surface area contributed by atoms with E-state index in [1.807, 2.05) is 30.3 Å². The maximum atomic E-state index is 12.1. The molecule has 148 valence electrons. The molecule has 2 heterocycles. The van der Waals surface area contributed by atoms with Crippen molar-refractivity contribution in [2.75, 3.05) is 7.11 Å². The van der Waals surface area contributed by atoms with E-state index in [0.717, 1.165) is 5.56 Å². The summed E-state index contributed by atoms with van der Waals surface area (Å²) >= 11 is 0. The number of benzene rings is 2. The molecular formula is C20H19N5O4. The fourth-order valence-corrected chi connectivity index (χ4v) is 3.41. The Bertz CT molecular complexity index is 1060. The van der Waals surface area contributed by atoms with Gasteiger partial charge in [-0.1, -0.05) is 35.4 Å². The third-order valence-corrected chi connectivity index (χ3v) is 4.82. The highest BCUT2D eigenvalue weighted by Gasteiger charge is 2.40. The van der Waals surface area contributed by atoms with Crippen molar-refractivity contribution < 1.29 is 19.4 Å². The lowest BCUT2D eigenvalue weighted by molar-refractivity contribution is -0.140. The first-order valence-corrected chi connectivity index (χ1v) is 8.99. The monoisotopic (exact) mass is 393 g/mol. The molecule has 2 aromatic carbocycles. The number of fused-ring (bicyclic) bond motifs is 1. The molecule has 2 unspecified atom stereocenters. The Labute approximate surface area is 166 Å². The fourth-order valence-electron chi connectivity index (χ4n) is 3.41. The number of hydrogen-bond acceptors (Lipinski definition) is 7. The Hall–Kier alpha value is -3.75. The minimum Gasteiger partial charge on any atom is -0.497 e. The minimum atomic E-state index is -1.01. The number of methoxy groups -OCH3 is 1. The van der Waals surface area contributed by atoms with Crippen LogP contribution in [0.5, 0.6) is 11.5 Å². The Morgan fingerprint density at radius 1 is 1.21 bits per heavy atom. The number of carboxylic acids is 1. The molecule has 0 saturated heterocycles. The highest BCUT2D eigenvalue weighted by Crippen LogP contribution is 2.40. The van der Waals surface area contributed by atoms with Crippen molar-refractivity contribution in [3.05, 3.63) is 59.7 Å². The lowest BCUT2D eigenvalue weighted by Crippen LogP contribution is -2.36. The molecule has 29 heavy (non-hydrogen) atoms. The van der Waals surface area contributed by atoms with Gasteiger partial charge < -0.3 is 14.6 Å². The van der Waals surface area contributed by atoms with Crippen LogP contribution in [0, 0.1) is 5.92 Å². The van der Waals surface area contributed by atoms with E-state index in [0.29, 0.717) is 29.4 Å². The zero-order valence-corrected chi connectivity index (χ0v) is 15.9. The first-order chi connectivity index (χ1) is 14.1. The van der Waals surface area contributed by atoms with E-state index in [9.17, 15) is 9.90 Å². The second-order valence-electron chi connectivity index (χ2n) is 6.62. The SMILES string of the molecule is COc1ccc(C2C(C(=O)O)C(C)=Nc3nnnn32)c(OCc2ccccc2)c1. The first-order valence-electron chi connectivity index (χ1n) is 8.99. The second-order valence-corrected chi connectivity index (χ2v) is 6.62. The summed E-state index contributed by atoms with van der Waals surface area (Å²) in [4.78, 5) is 16.3. The van der Waals surface area contributed by atoms with Crippen LogP contribution in [0.1, 0.15) is 24.1 Å². The molecule has 0 amide bonds. The van der Waals surface area contributed by atoms with Crippen LogP contribution in [0.4, 0.5) is 5.95 Å². The topological polar surface area (TPSA) is 112 Å². The number of nitrogens with zero attached hydrogens (tertiary/aromatic N) is 5. The van der Waals surface area contributed by atoms with Gasteiger partial charge in [0.1, 0.15) is 30.1 Å². The summed E-state index contributed by atoms with van der Waals surface area (Å²) in [5, 5.41) is 21.4. The van der Waals surface area contributed by atoms with Gasteiger partial charge in [-0.05, 0) is 35.0 Å². The van der Waals surface area contributed by atoms with Crippen LogP contribution < -0.4 is 9.47 Å². The summed E-state index contributed by atoms with van der Waals surface area (Å²) < 4.78 is 12.8. The number of rotatable bonds is 6. The molecule has 9 heteroatoms. The molecule has 1 N–H and O–H groups in total. The normalized spacial score (nSPS) is 17.9. The maximum absolute atomic E-state index is 12.1. The molecule has 9 nitrogen and oxygen atoms in total. The van der Waals surface area contributed by atoms with Gasteiger partial charge in [0.05, 0.1) is 7.11 Å². The number of aromatic nitrogens is 4. The molecule has 0 bridgehead atoms. The largest absolute Gasteiger partial charge is 0.497 e. The van der Waals surface area contributed by atoms with Crippen LogP contribution in [-0.2, 0) is 11.4 Å². The van der Waals surface area contributed by atoms with Crippen molar-refractivity contribution in [2.24, 2.45) is 10.9 Å². The number of hydrogen-bond donors (Lipinski definition) is 1. The standard InChI is InChI=1S/C20H19N5O4/c1-12-17(19(26)27)18(25-20(21-12)22-23-24-25)15-9-8-14(28-2)10-16(15)29-11-13-6-4-3-5-7-13/h3-10,17-18H,11H2,1-2H3,(H,26,27). The molecule has 0 fully saturated rings. The number of aliphatic imine (C=N–C) groups is 1. The molecule has 0 aliphatic carbocycles. The molecule has 1 aliphatic rings. The average molecular weight is 393 g/mol. The first kappa shape index (κ1) is 18.6. The summed E-state index contributed by atoms with van der Waals surface area (Å²) in [7, 11) is 1.56. The van der Waals surface area contributed by atoms with Crippen molar-refractivity contribution in [3.63, 3.8) is 0 Å². The van der Waals surface area contributed by atoms with Gasteiger partial charge in [0.25, 0.3) is 5.95 Å². The van der Waals surface area contributed by atoms with Crippen molar-refractivity contribution in [2.45, 2.75) is 19.6 Å². The van der Waals surface area contributed by atoms with Crippen LogP contribution in [0.2, 0.25) is 0 Å². The van der Waals surface area contributed by atoms with Crippen molar-refractivity contribution in [1.29, 1.82) is 0 Å². The van der Waals surface area contributed by atoms with Gasteiger partial charge in [0, 0.05) is 17.3 Å². The van der Waals surface area contributed by atoms with Gasteiger partial charge in [-0.15, -0.1) is 0 Å². The number of carbonyl (C=O) groups is 1. The Balaban J connectivity index is 1.78. The van der Waals surface area contributed by atoms with E-state index >= 15 is 0 Å². The highest BCUT2D eigenvalue weighted by atomic mass is 16.5. The smallest absolute Gasteiger partial charge is 0.314 e. The molecule has 2 atom stereocenters. The number of carboxylic acid groups (broad SMARTS) is 1. The fraction of sp³-hybridized carbons (Fsp3) is 0.250. The van der Waals surface area contributed by atoms with Gasteiger partial charge in [0.15, 0.2) is 0 Å². The molecule has 1 aliphatic heterocycles. The van der Waals surface area contributed by atoms with E-state index in [4.69, 9.17) is 9.47 Å². The van der Waals surface area contributed by atoms with Crippen LogP contribution in [0.3, 0.4) is 0 Å². The number of aliphatic carboxylic acids is 1. The van der Waals surface area contributed by atoms with Crippen molar-refractivity contribution in [3.8, 4) is 11.5 Å². The summed E-state index contributed by atoms with van der Waals surface area (Å²) in [5.41, 5.74) is 2.05. The van der Waals surface area contributed by atoms with Crippen LogP contribution in [-0.4, -0.2) is 44.1 Å². The van der Waals surface area contributed by atoms with Crippen molar-refractivity contribution >= 4 is 17.6 Å². The van der Waals surface area contributed by atoms with Crippen LogP contribution in [0.25, 0.3) is 0 Å². The summed E-state index contributed by atoms with van der Waals surface area (Å²) in [5.74, 6) is -0.585. The summed E-state index contributed by atoms with van der Waals surface area (Å²) in [6.07, 6.45) is 0.